The fourth-order valence-electron chi connectivity index (χ4n) is 1.57. The van der Waals surface area contributed by atoms with Crippen molar-refractivity contribution < 1.29 is 9.90 Å². The molecule has 1 amide bonds. The molecular weight excluding hydrogens is 430 g/mol. The van der Waals surface area contributed by atoms with E-state index in [4.69, 9.17) is 0 Å². The number of rotatable bonds is 4. The molecule has 0 saturated heterocycles. The van der Waals surface area contributed by atoms with Gasteiger partial charge in [-0.1, -0.05) is 85.0 Å². The zero-order chi connectivity index (χ0) is 13.8. The monoisotopic (exact) mass is 441 g/mol. The molecule has 1 aromatic carbocycles. The smallest absolute Gasteiger partial charge is 0.229 e. The highest BCUT2D eigenvalue weighted by molar-refractivity contribution is 9.39. The van der Waals surface area contributed by atoms with Crippen LogP contribution in [0.1, 0.15) is 24.8 Å². The quantitative estimate of drug-likeness (QED) is 0.553. The van der Waals surface area contributed by atoms with Crippen molar-refractivity contribution in [2.24, 2.45) is 0 Å². The Bertz CT molecular complexity index is 392. The van der Waals surface area contributed by atoms with Crippen LogP contribution in [-0.2, 0) is 4.79 Å². The van der Waals surface area contributed by atoms with Crippen molar-refractivity contribution in [1.82, 2.24) is 5.32 Å². The number of aliphatic hydroxyl groups is 1. The zero-order valence-electron chi connectivity index (χ0n) is 9.74. The van der Waals surface area contributed by atoms with E-state index in [-0.39, 0.29) is 11.8 Å². The lowest BCUT2D eigenvalue weighted by atomic mass is 9.96. The first-order valence-corrected chi connectivity index (χ1v) is 7.84. The average molecular weight is 444 g/mol. The highest BCUT2D eigenvalue weighted by Gasteiger charge is 2.32. The summed E-state index contributed by atoms with van der Waals surface area (Å²) >= 11 is 9.50. The number of hydrogen-bond donors (Lipinski definition) is 2. The summed E-state index contributed by atoms with van der Waals surface area (Å²) < 4.78 is -0.919. The molecular formula is C12H14Br3NO2. The molecule has 100 valence electrons. The van der Waals surface area contributed by atoms with Gasteiger partial charge in [-0.15, -0.1) is 0 Å². The fourth-order valence-corrected chi connectivity index (χ4v) is 1.92. The molecule has 18 heavy (non-hydrogen) atoms. The summed E-state index contributed by atoms with van der Waals surface area (Å²) in [5, 5.41) is 12.3. The number of alkyl halides is 3. The van der Waals surface area contributed by atoms with Gasteiger partial charge >= 0.3 is 0 Å². The van der Waals surface area contributed by atoms with Gasteiger partial charge in [-0.05, 0) is 12.0 Å². The molecule has 0 radical (unpaired) electrons. The van der Waals surface area contributed by atoms with E-state index in [1.165, 1.54) is 0 Å². The van der Waals surface area contributed by atoms with Crippen molar-refractivity contribution in [3.8, 4) is 0 Å². The Hall–Kier alpha value is 0.0900. The Kier molecular flexibility index (Phi) is 6.30. The molecule has 0 fully saturated rings. The standard InChI is InChI=1S/C12H14Br3NO2/c1-2-9(8-6-4-3-5-7-8)10(17)16-11(18)12(13,14)15/h3-7,9,11,18H,2H2,1H3,(H,16,17). The number of carbonyl (C=O) groups is 1. The number of nitrogens with one attached hydrogen (secondary N) is 1. The minimum absolute atomic E-state index is 0.209. The van der Waals surface area contributed by atoms with Gasteiger partial charge in [0.2, 0.25) is 5.91 Å². The number of halogens is 3. The van der Waals surface area contributed by atoms with Gasteiger partial charge in [0.15, 0.2) is 8.37 Å². The van der Waals surface area contributed by atoms with Crippen LogP contribution < -0.4 is 5.32 Å². The number of benzene rings is 1. The molecule has 1 rings (SSSR count). The number of hydrogen-bond acceptors (Lipinski definition) is 2. The summed E-state index contributed by atoms with van der Waals surface area (Å²) in [5.74, 6) is -0.477. The Morgan fingerprint density at radius 1 is 1.33 bits per heavy atom. The van der Waals surface area contributed by atoms with Gasteiger partial charge < -0.3 is 10.4 Å². The van der Waals surface area contributed by atoms with Crippen LogP contribution >= 0.6 is 47.8 Å². The van der Waals surface area contributed by atoms with Crippen molar-refractivity contribution in [3.63, 3.8) is 0 Å². The predicted octanol–water partition coefficient (Wildman–Crippen LogP) is 3.45. The van der Waals surface area contributed by atoms with Crippen molar-refractivity contribution in [3.05, 3.63) is 35.9 Å². The van der Waals surface area contributed by atoms with Gasteiger partial charge in [0, 0.05) is 0 Å². The Labute approximate surface area is 132 Å². The number of aliphatic hydroxyl groups excluding tert-OH is 1. The van der Waals surface area contributed by atoms with Crippen LogP contribution in [0, 0.1) is 0 Å². The molecule has 0 saturated carbocycles. The van der Waals surface area contributed by atoms with Gasteiger partial charge in [-0.2, -0.15) is 0 Å². The number of carbonyl (C=O) groups excluding carboxylic acids is 1. The summed E-state index contributed by atoms with van der Waals surface area (Å²) in [4.78, 5) is 12.1. The van der Waals surface area contributed by atoms with Crippen LogP contribution in [0.15, 0.2) is 30.3 Å². The molecule has 0 aromatic heterocycles. The third kappa shape index (κ3) is 4.64. The Morgan fingerprint density at radius 3 is 2.33 bits per heavy atom. The number of amides is 1. The molecule has 6 heteroatoms. The maximum absolute atomic E-state index is 12.1. The van der Waals surface area contributed by atoms with Crippen LogP contribution in [0.5, 0.6) is 0 Å². The molecule has 0 spiro atoms. The molecule has 2 N–H and O–H groups in total. The van der Waals surface area contributed by atoms with Gasteiger partial charge in [0.05, 0.1) is 5.92 Å². The second kappa shape index (κ2) is 7.03. The van der Waals surface area contributed by atoms with Crippen LogP contribution in [0.2, 0.25) is 0 Å². The SMILES string of the molecule is CCC(C(=O)NC(O)C(Br)(Br)Br)c1ccccc1. The highest BCUT2D eigenvalue weighted by Crippen LogP contribution is 2.36. The van der Waals surface area contributed by atoms with E-state index in [1.807, 2.05) is 37.3 Å². The van der Waals surface area contributed by atoms with Gasteiger partial charge in [-0.25, -0.2) is 0 Å². The zero-order valence-corrected chi connectivity index (χ0v) is 14.5. The lowest BCUT2D eigenvalue weighted by Crippen LogP contribution is -2.44. The predicted molar refractivity (Wildman–Crippen MR) is 83.1 cm³/mol. The first kappa shape index (κ1) is 16.1. The van der Waals surface area contributed by atoms with Crippen molar-refractivity contribution >= 4 is 53.7 Å². The van der Waals surface area contributed by atoms with Crippen molar-refractivity contribution in [2.45, 2.75) is 27.6 Å². The molecule has 0 aliphatic carbocycles. The Morgan fingerprint density at radius 2 is 1.89 bits per heavy atom. The summed E-state index contributed by atoms with van der Waals surface area (Å²) in [5.41, 5.74) is 0.939. The molecule has 0 bridgehead atoms. The molecule has 2 atom stereocenters. The molecule has 0 aliphatic rings. The first-order valence-electron chi connectivity index (χ1n) is 5.46. The van der Waals surface area contributed by atoms with Crippen LogP contribution in [0.25, 0.3) is 0 Å². The average Bonchev–Trinajstić information content (AvgIpc) is 2.30. The highest BCUT2D eigenvalue weighted by atomic mass is 80.0. The van der Waals surface area contributed by atoms with E-state index >= 15 is 0 Å². The summed E-state index contributed by atoms with van der Waals surface area (Å²) in [7, 11) is 0. The fraction of sp³-hybridized carbons (Fsp3) is 0.417. The first-order chi connectivity index (χ1) is 8.36. The molecule has 0 heterocycles. The van der Waals surface area contributed by atoms with Crippen LogP contribution in [0.4, 0.5) is 0 Å². The van der Waals surface area contributed by atoms with Gasteiger partial charge in [0.1, 0.15) is 0 Å². The normalized spacial score (nSPS) is 14.9. The minimum atomic E-state index is -1.08. The molecule has 3 nitrogen and oxygen atoms in total. The summed E-state index contributed by atoms with van der Waals surface area (Å²) in [6, 6.07) is 9.51. The van der Waals surface area contributed by atoms with Crippen molar-refractivity contribution in [2.75, 3.05) is 0 Å². The molecule has 0 aliphatic heterocycles. The molecule has 2 unspecified atom stereocenters. The van der Waals surface area contributed by atoms with E-state index in [0.29, 0.717) is 6.42 Å². The van der Waals surface area contributed by atoms with E-state index in [0.717, 1.165) is 5.56 Å². The van der Waals surface area contributed by atoms with E-state index in [2.05, 4.69) is 53.1 Å². The van der Waals surface area contributed by atoms with E-state index in [9.17, 15) is 9.90 Å². The summed E-state index contributed by atoms with van der Waals surface area (Å²) in [6.45, 7) is 1.94. The van der Waals surface area contributed by atoms with Crippen molar-refractivity contribution in [1.29, 1.82) is 0 Å². The summed E-state index contributed by atoms with van der Waals surface area (Å²) in [6.07, 6.45) is -0.412. The Balaban J connectivity index is 2.76. The lowest BCUT2D eigenvalue weighted by molar-refractivity contribution is -0.125. The molecule has 1 aromatic rings. The third-order valence-electron chi connectivity index (χ3n) is 2.52. The van der Waals surface area contributed by atoms with E-state index < -0.39 is 8.37 Å². The minimum Gasteiger partial charge on any atom is -0.370 e. The second-order valence-corrected chi connectivity index (χ2v) is 10.8. The van der Waals surface area contributed by atoms with Gasteiger partial charge in [-0.3, -0.25) is 4.79 Å². The van der Waals surface area contributed by atoms with Gasteiger partial charge in [0.25, 0.3) is 0 Å². The van der Waals surface area contributed by atoms with Crippen LogP contribution in [-0.4, -0.2) is 19.4 Å². The largest absolute Gasteiger partial charge is 0.370 e. The van der Waals surface area contributed by atoms with Crippen LogP contribution in [0.3, 0.4) is 0 Å². The third-order valence-corrected chi connectivity index (χ3v) is 3.82. The van der Waals surface area contributed by atoms with E-state index in [1.54, 1.807) is 0 Å². The lowest BCUT2D eigenvalue weighted by Gasteiger charge is -2.24. The maximum Gasteiger partial charge on any atom is 0.229 e. The maximum atomic E-state index is 12.1. The topological polar surface area (TPSA) is 49.3 Å². The second-order valence-electron chi connectivity index (χ2n) is 3.82.